The topological polar surface area (TPSA) is 125 Å². The van der Waals surface area contributed by atoms with Gasteiger partial charge < -0.3 is 28.8 Å². The van der Waals surface area contributed by atoms with E-state index < -0.39 is 17.5 Å². The third kappa shape index (κ3) is 3.85. The molecule has 34 heavy (non-hydrogen) atoms. The molecule has 0 bridgehead atoms. The van der Waals surface area contributed by atoms with E-state index in [0.29, 0.717) is 34.1 Å². The molecule has 11 nitrogen and oxygen atoms in total. The third-order valence-electron chi connectivity index (χ3n) is 5.64. The maximum atomic E-state index is 13.3. The van der Waals surface area contributed by atoms with Gasteiger partial charge in [0.1, 0.15) is 12.1 Å². The van der Waals surface area contributed by atoms with Crippen molar-refractivity contribution in [3.63, 3.8) is 0 Å². The van der Waals surface area contributed by atoms with E-state index in [1.165, 1.54) is 28.4 Å². The summed E-state index contributed by atoms with van der Waals surface area (Å²) in [6, 6.07) is 9.62. The molecular weight excluding hydrogens is 444 g/mol. The minimum atomic E-state index is -1.30. The van der Waals surface area contributed by atoms with Crippen LogP contribution < -0.4 is 24.3 Å². The Kier molecular flexibility index (Phi) is 6.01. The summed E-state index contributed by atoms with van der Waals surface area (Å²) < 4.78 is 26.4. The molecule has 1 aromatic heterocycles. The smallest absolute Gasteiger partial charge is 0.325 e. The molecule has 1 fully saturated rings. The lowest BCUT2D eigenvalue weighted by atomic mass is 9.91. The van der Waals surface area contributed by atoms with Crippen molar-refractivity contribution in [3.05, 3.63) is 47.9 Å². The molecule has 0 aliphatic carbocycles. The number of nitrogens with one attached hydrogen (secondary N) is 1. The molecule has 0 saturated carbocycles. The molecule has 1 saturated heterocycles. The van der Waals surface area contributed by atoms with Crippen molar-refractivity contribution in [2.75, 3.05) is 28.4 Å². The standard InChI is InChI=1S/C23H24N4O7/c1-23(14-7-9-16(31-3)18(11-14)33-5)21(28)27(22(29)25-23)12-19-24-20(26-34-19)13-6-8-15(30-2)17(10-13)32-4/h6-11H,12H2,1-5H3,(H,25,29)/t23-/m0/s1. The van der Waals surface area contributed by atoms with Crippen molar-refractivity contribution in [1.29, 1.82) is 0 Å². The molecule has 0 unspecified atom stereocenters. The summed E-state index contributed by atoms with van der Waals surface area (Å²) in [5.74, 6) is 1.94. The van der Waals surface area contributed by atoms with E-state index in [4.69, 9.17) is 23.5 Å². The van der Waals surface area contributed by atoms with Crippen molar-refractivity contribution in [2.45, 2.75) is 19.0 Å². The van der Waals surface area contributed by atoms with Crippen LogP contribution in [0.4, 0.5) is 4.79 Å². The molecule has 2 heterocycles. The molecule has 1 aliphatic heterocycles. The second-order valence-electron chi connectivity index (χ2n) is 7.60. The van der Waals surface area contributed by atoms with Crippen molar-refractivity contribution in [2.24, 2.45) is 0 Å². The van der Waals surface area contributed by atoms with Gasteiger partial charge >= 0.3 is 6.03 Å². The van der Waals surface area contributed by atoms with Crippen molar-refractivity contribution in [3.8, 4) is 34.4 Å². The summed E-state index contributed by atoms with van der Waals surface area (Å²) in [5, 5.41) is 6.71. The number of methoxy groups -OCH3 is 4. The van der Waals surface area contributed by atoms with E-state index >= 15 is 0 Å². The van der Waals surface area contributed by atoms with E-state index in [1.54, 1.807) is 43.3 Å². The summed E-state index contributed by atoms with van der Waals surface area (Å²) in [6.45, 7) is 1.44. The monoisotopic (exact) mass is 468 g/mol. The predicted molar refractivity (Wildman–Crippen MR) is 119 cm³/mol. The van der Waals surface area contributed by atoms with E-state index in [9.17, 15) is 9.59 Å². The molecule has 4 rings (SSSR count). The van der Waals surface area contributed by atoms with Gasteiger partial charge in [0.15, 0.2) is 23.0 Å². The van der Waals surface area contributed by atoms with Crippen LogP contribution in [0.5, 0.6) is 23.0 Å². The lowest BCUT2D eigenvalue weighted by Gasteiger charge is -2.23. The highest BCUT2D eigenvalue weighted by molar-refractivity contribution is 6.07. The number of carbonyl (C=O) groups excluding carboxylic acids is 2. The quantitative estimate of drug-likeness (QED) is 0.497. The van der Waals surface area contributed by atoms with Gasteiger partial charge in [-0.2, -0.15) is 4.98 Å². The maximum Gasteiger partial charge on any atom is 0.325 e. The van der Waals surface area contributed by atoms with Gasteiger partial charge in [-0.15, -0.1) is 0 Å². The molecule has 178 valence electrons. The molecule has 1 N–H and O–H groups in total. The van der Waals surface area contributed by atoms with Gasteiger partial charge in [-0.05, 0) is 42.8 Å². The number of hydrogen-bond acceptors (Lipinski definition) is 9. The second kappa shape index (κ2) is 8.93. The first kappa shape index (κ1) is 22.9. The Labute approximate surface area is 195 Å². The zero-order valence-electron chi connectivity index (χ0n) is 19.4. The predicted octanol–water partition coefficient (Wildman–Crippen LogP) is 2.74. The lowest BCUT2D eigenvalue weighted by Crippen LogP contribution is -2.40. The van der Waals surface area contributed by atoms with Crippen LogP contribution in [0.25, 0.3) is 11.4 Å². The van der Waals surface area contributed by atoms with E-state index in [2.05, 4.69) is 15.5 Å². The highest BCUT2D eigenvalue weighted by Gasteiger charge is 2.49. The number of rotatable bonds is 8. The third-order valence-corrected chi connectivity index (χ3v) is 5.64. The fourth-order valence-electron chi connectivity index (χ4n) is 3.73. The Morgan fingerprint density at radius 2 is 1.53 bits per heavy atom. The Hall–Kier alpha value is -4.28. The van der Waals surface area contributed by atoms with Crippen molar-refractivity contribution >= 4 is 11.9 Å². The molecule has 3 amide bonds. The first-order chi connectivity index (χ1) is 16.3. The minimum absolute atomic E-state index is 0.102. The number of nitrogens with zero attached hydrogens (tertiary/aromatic N) is 3. The van der Waals surface area contributed by atoms with Gasteiger partial charge in [0.2, 0.25) is 11.7 Å². The van der Waals surface area contributed by atoms with Crippen molar-refractivity contribution in [1.82, 2.24) is 20.4 Å². The second-order valence-corrected chi connectivity index (χ2v) is 7.60. The molecule has 11 heteroatoms. The van der Waals surface area contributed by atoms with Gasteiger partial charge in [-0.25, -0.2) is 4.79 Å². The summed E-state index contributed by atoms with van der Waals surface area (Å²) in [5.41, 5.74) is -0.134. The van der Waals surface area contributed by atoms with Gasteiger partial charge in [-0.3, -0.25) is 9.69 Å². The first-order valence-corrected chi connectivity index (χ1v) is 10.3. The fourth-order valence-corrected chi connectivity index (χ4v) is 3.73. The van der Waals surface area contributed by atoms with Crippen LogP contribution in [0.2, 0.25) is 0 Å². The molecule has 0 spiro atoms. The molecule has 3 aromatic rings. The summed E-state index contributed by atoms with van der Waals surface area (Å²) in [6.07, 6.45) is 0. The van der Waals surface area contributed by atoms with Crippen LogP contribution in [0.15, 0.2) is 40.9 Å². The van der Waals surface area contributed by atoms with E-state index in [-0.39, 0.29) is 18.3 Å². The Morgan fingerprint density at radius 3 is 2.18 bits per heavy atom. The van der Waals surface area contributed by atoms with Crippen LogP contribution in [-0.2, 0) is 16.9 Å². The van der Waals surface area contributed by atoms with Crippen LogP contribution in [0, 0.1) is 0 Å². The number of urea groups is 1. The normalized spacial score (nSPS) is 17.5. The van der Waals surface area contributed by atoms with Crippen LogP contribution >= 0.6 is 0 Å². The average Bonchev–Trinajstić information content (AvgIpc) is 3.42. The summed E-state index contributed by atoms with van der Waals surface area (Å²) >= 11 is 0. The van der Waals surface area contributed by atoms with Crippen LogP contribution in [0.1, 0.15) is 18.4 Å². The zero-order chi connectivity index (χ0) is 24.5. The number of imide groups is 1. The Balaban J connectivity index is 1.56. The number of hydrogen-bond donors (Lipinski definition) is 1. The van der Waals surface area contributed by atoms with Gasteiger partial charge in [-0.1, -0.05) is 11.2 Å². The molecule has 0 radical (unpaired) electrons. The van der Waals surface area contributed by atoms with Crippen LogP contribution in [0.3, 0.4) is 0 Å². The number of aromatic nitrogens is 2. The van der Waals surface area contributed by atoms with Gasteiger partial charge in [0, 0.05) is 5.56 Å². The highest BCUT2D eigenvalue weighted by atomic mass is 16.5. The average molecular weight is 468 g/mol. The van der Waals surface area contributed by atoms with Crippen LogP contribution in [-0.4, -0.2) is 55.4 Å². The molecule has 2 aromatic carbocycles. The number of amides is 3. The Morgan fingerprint density at radius 1 is 0.912 bits per heavy atom. The fraction of sp³-hybridized carbons (Fsp3) is 0.304. The van der Waals surface area contributed by atoms with Crippen molar-refractivity contribution < 1.29 is 33.1 Å². The van der Waals surface area contributed by atoms with Gasteiger partial charge in [0.25, 0.3) is 5.91 Å². The van der Waals surface area contributed by atoms with E-state index in [1.807, 2.05) is 0 Å². The minimum Gasteiger partial charge on any atom is -0.493 e. The molecule has 1 atom stereocenters. The lowest BCUT2D eigenvalue weighted by molar-refractivity contribution is -0.131. The van der Waals surface area contributed by atoms with Gasteiger partial charge in [0.05, 0.1) is 28.4 Å². The molecular formula is C23H24N4O7. The largest absolute Gasteiger partial charge is 0.493 e. The number of ether oxygens (including phenoxy) is 4. The maximum absolute atomic E-state index is 13.3. The summed E-state index contributed by atoms with van der Waals surface area (Å²) in [7, 11) is 6.08. The number of carbonyl (C=O) groups is 2. The molecule has 1 aliphatic rings. The zero-order valence-corrected chi connectivity index (χ0v) is 19.4. The van der Waals surface area contributed by atoms with E-state index in [0.717, 1.165) is 4.90 Å². The highest BCUT2D eigenvalue weighted by Crippen LogP contribution is 2.36. The SMILES string of the molecule is COc1ccc(-c2noc(CN3C(=O)N[C@@](C)(c4ccc(OC)c(OC)c4)C3=O)n2)cc1OC. The summed E-state index contributed by atoms with van der Waals surface area (Å²) in [4.78, 5) is 31.3. The number of benzene rings is 2. The first-order valence-electron chi connectivity index (χ1n) is 10.3. The Bertz CT molecular complexity index is 1240.